The first-order valence-electron chi connectivity index (χ1n) is 14.0. The van der Waals surface area contributed by atoms with Crippen LogP contribution in [-0.4, -0.2) is 39.9 Å². The molecule has 2 atom stereocenters. The number of halogens is 2. The van der Waals surface area contributed by atoms with Gasteiger partial charge in [0.1, 0.15) is 11.6 Å². The van der Waals surface area contributed by atoms with Gasteiger partial charge in [-0.2, -0.15) is 5.26 Å². The van der Waals surface area contributed by atoms with Crippen LogP contribution in [0.2, 0.25) is 0 Å². The van der Waals surface area contributed by atoms with Crippen molar-refractivity contribution in [2.75, 3.05) is 13.1 Å². The maximum Gasteiger partial charge on any atom is 0.234 e. The number of nitrogens with zero attached hydrogens (tertiary/aromatic N) is 3. The molecule has 0 radical (unpaired) electrons. The Labute approximate surface area is 237 Å². The number of piperidine rings is 2. The smallest absolute Gasteiger partial charge is 0.234 e. The Morgan fingerprint density at radius 1 is 1.12 bits per heavy atom. The summed E-state index contributed by atoms with van der Waals surface area (Å²) in [7, 11) is 0. The quantitative estimate of drug-likeness (QED) is 0.440. The number of pyridine rings is 1. The highest BCUT2D eigenvalue weighted by molar-refractivity contribution is 6.01. The number of benzene rings is 2. The molecule has 2 aromatic carbocycles. The summed E-state index contributed by atoms with van der Waals surface area (Å²) in [5.74, 6) is -2.27. The summed E-state index contributed by atoms with van der Waals surface area (Å²) in [5, 5.41) is 24.0. The van der Waals surface area contributed by atoms with E-state index in [0.29, 0.717) is 55.5 Å². The zero-order valence-corrected chi connectivity index (χ0v) is 23.1. The molecule has 1 aromatic heterocycles. The Balaban J connectivity index is 1.24. The number of nitrogens with one attached hydrogen (secondary N) is 1. The number of aromatic nitrogens is 1. The Morgan fingerprint density at radius 2 is 1.88 bits per heavy atom. The number of hydrogen-bond donors (Lipinski definition) is 2. The molecule has 212 valence electrons. The second kappa shape index (κ2) is 9.68. The lowest BCUT2D eigenvalue weighted by Gasteiger charge is -2.50. The monoisotopic (exact) mass is 558 g/mol. The van der Waals surface area contributed by atoms with Gasteiger partial charge in [0.15, 0.2) is 0 Å². The summed E-state index contributed by atoms with van der Waals surface area (Å²) in [4.78, 5) is 30.5. The molecule has 7 nitrogen and oxygen atoms in total. The molecule has 9 heteroatoms. The third-order valence-corrected chi connectivity index (χ3v) is 9.36. The molecule has 1 aliphatic carbocycles. The Kier molecular flexibility index (Phi) is 6.47. The second-order valence-corrected chi connectivity index (χ2v) is 12.5. The molecule has 41 heavy (non-hydrogen) atoms. The van der Waals surface area contributed by atoms with Gasteiger partial charge in [0.2, 0.25) is 11.8 Å². The van der Waals surface area contributed by atoms with E-state index in [4.69, 9.17) is 0 Å². The van der Waals surface area contributed by atoms with Gasteiger partial charge < -0.3 is 5.11 Å². The van der Waals surface area contributed by atoms with E-state index in [2.05, 4.69) is 21.3 Å². The molecule has 2 saturated heterocycles. The van der Waals surface area contributed by atoms with E-state index < -0.39 is 34.1 Å². The molecule has 3 aromatic rings. The van der Waals surface area contributed by atoms with Crippen LogP contribution in [0, 0.1) is 28.4 Å². The number of hydrogen-bond acceptors (Lipinski definition) is 6. The predicted octanol–water partition coefficient (Wildman–Crippen LogP) is 4.71. The molecule has 0 unspecified atom stereocenters. The van der Waals surface area contributed by atoms with Crippen LogP contribution in [0.15, 0.2) is 42.6 Å². The molecule has 3 aliphatic rings. The molecule has 0 spiro atoms. The number of fused-ring (bicyclic) bond motifs is 1. The highest BCUT2D eigenvalue weighted by Crippen LogP contribution is 2.49. The lowest BCUT2D eigenvalue weighted by molar-refractivity contribution is -0.134. The van der Waals surface area contributed by atoms with E-state index in [1.807, 2.05) is 19.9 Å². The normalized spacial score (nSPS) is 25.5. The van der Waals surface area contributed by atoms with Gasteiger partial charge >= 0.3 is 0 Å². The van der Waals surface area contributed by atoms with Crippen LogP contribution < -0.4 is 5.32 Å². The zero-order chi connectivity index (χ0) is 29.2. The molecule has 1 saturated carbocycles. The van der Waals surface area contributed by atoms with E-state index in [9.17, 15) is 24.3 Å². The lowest BCUT2D eigenvalue weighted by Crippen LogP contribution is -2.55. The Bertz CT molecular complexity index is 1630. The predicted molar refractivity (Wildman–Crippen MR) is 147 cm³/mol. The summed E-state index contributed by atoms with van der Waals surface area (Å²) in [5.41, 5.74) is -0.564. The van der Waals surface area contributed by atoms with Gasteiger partial charge in [0.05, 0.1) is 28.5 Å². The standard InChI is InChI=1S/C32H32F2N4O3/c1-30(2)18-38(16-19-3-5-23(25(33)13-19)31(17-35)9-10-31)12-11-32(30,41)24-6-7-26-22(28(24)34)14-20(15-36-26)21-4-8-27(39)37-29(21)40/h3,5-7,13-15,21,41H,4,8-12,16,18H2,1-2H3,(H,37,39,40)/t21-,32-/m0/s1. The first-order valence-corrected chi connectivity index (χ1v) is 14.0. The molecule has 3 fully saturated rings. The topological polar surface area (TPSA) is 106 Å². The zero-order valence-electron chi connectivity index (χ0n) is 23.1. The van der Waals surface area contributed by atoms with Crippen LogP contribution in [-0.2, 0) is 27.1 Å². The molecular formula is C32H32F2N4O3. The van der Waals surface area contributed by atoms with Crippen molar-refractivity contribution in [2.45, 2.75) is 69.4 Å². The number of nitriles is 1. The van der Waals surface area contributed by atoms with Crippen molar-refractivity contribution >= 4 is 22.7 Å². The number of amides is 2. The number of carbonyl (C=O) groups excluding carboxylic acids is 2. The average Bonchev–Trinajstić information content (AvgIpc) is 3.72. The third kappa shape index (κ3) is 4.59. The first-order chi connectivity index (χ1) is 19.5. The van der Waals surface area contributed by atoms with E-state index in [-0.39, 0.29) is 35.5 Å². The van der Waals surface area contributed by atoms with Crippen molar-refractivity contribution in [3.63, 3.8) is 0 Å². The molecule has 0 bridgehead atoms. The van der Waals surface area contributed by atoms with E-state index >= 15 is 4.39 Å². The number of rotatable bonds is 5. The molecular weight excluding hydrogens is 526 g/mol. The maximum absolute atomic E-state index is 16.2. The number of imide groups is 1. The minimum atomic E-state index is -1.48. The van der Waals surface area contributed by atoms with Crippen molar-refractivity contribution in [1.82, 2.24) is 15.2 Å². The summed E-state index contributed by atoms with van der Waals surface area (Å²) in [6, 6.07) is 12.2. The van der Waals surface area contributed by atoms with Gasteiger partial charge in [-0.05, 0) is 55.0 Å². The fourth-order valence-electron chi connectivity index (χ4n) is 6.63. The summed E-state index contributed by atoms with van der Waals surface area (Å²) >= 11 is 0. The van der Waals surface area contributed by atoms with Gasteiger partial charge in [0.25, 0.3) is 0 Å². The molecule has 3 heterocycles. The SMILES string of the molecule is CC1(C)CN(Cc2ccc(C3(C#N)CC3)c(F)c2)CC[C@]1(O)c1ccc2ncc([C@@H]3CCC(=O)NC3=O)cc2c1F. The van der Waals surface area contributed by atoms with Crippen molar-refractivity contribution < 1.29 is 23.5 Å². The number of aliphatic hydroxyl groups is 1. The summed E-state index contributed by atoms with van der Waals surface area (Å²) in [6.07, 6.45) is 3.70. The first kappa shape index (κ1) is 27.4. The van der Waals surface area contributed by atoms with E-state index in [0.717, 1.165) is 5.56 Å². The maximum atomic E-state index is 16.2. The van der Waals surface area contributed by atoms with Crippen LogP contribution >= 0.6 is 0 Å². The van der Waals surface area contributed by atoms with E-state index in [1.54, 1.807) is 30.5 Å². The van der Waals surface area contributed by atoms with Crippen molar-refractivity contribution in [2.24, 2.45) is 5.41 Å². The molecule has 2 N–H and O–H groups in total. The van der Waals surface area contributed by atoms with E-state index in [1.165, 1.54) is 6.07 Å². The third-order valence-electron chi connectivity index (χ3n) is 9.36. The van der Waals surface area contributed by atoms with Gasteiger partial charge in [-0.1, -0.05) is 32.0 Å². The number of carbonyl (C=O) groups is 2. The lowest BCUT2D eigenvalue weighted by atomic mass is 9.66. The fraction of sp³-hybridized carbons (Fsp3) is 0.438. The largest absolute Gasteiger partial charge is 0.384 e. The average molecular weight is 559 g/mol. The van der Waals surface area contributed by atoms with Gasteiger partial charge in [-0.25, -0.2) is 8.78 Å². The van der Waals surface area contributed by atoms with Crippen molar-refractivity contribution in [1.29, 1.82) is 5.26 Å². The number of likely N-dealkylation sites (tertiary alicyclic amines) is 1. The van der Waals surface area contributed by atoms with Crippen LogP contribution in [0.1, 0.15) is 74.1 Å². The van der Waals surface area contributed by atoms with Crippen LogP contribution in [0.5, 0.6) is 0 Å². The minimum absolute atomic E-state index is 0.179. The van der Waals surface area contributed by atoms with Crippen LogP contribution in [0.3, 0.4) is 0 Å². The summed E-state index contributed by atoms with van der Waals surface area (Å²) < 4.78 is 31.1. The highest BCUT2D eigenvalue weighted by atomic mass is 19.1. The van der Waals surface area contributed by atoms with Gasteiger partial charge in [-0.15, -0.1) is 0 Å². The highest BCUT2D eigenvalue weighted by Gasteiger charge is 2.50. The fourth-order valence-corrected chi connectivity index (χ4v) is 6.63. The van der Waals surface area contributed by atoms with Crippen molar-refractivity contribution in [3.8, 4) is 6.07 Å². The Hall–Kier alpha value is -3.74. The van der Waals surface area contributed by atoms with Gasteiger partial charge in [0, 0.05) is 54.2 Å². The van der Waals surface area contributed by atoms with Crippen LogP contribution in [0.4, 0.5) is 8.78 Å². The Morgan fingerprint density at radius 3 is 2.54 bits per heavy atom. The molecule has 6 rings (SSSR count). The minimum Gasteiger partial charge on any atom is -0.384 e. The van der Waals surface area contributed by atoms with Crippen LogP contribution in [0.25, 0.3) is 10.9 Å². The summed E-state index contributed by atoms with van der Waals surface area (Å²) in [6.45, 7) is 5.18. The molecule has 2 aliphatic heterocycles. The van der Waals surface area contributed by atoms with Gasteiger partial charge in [-0.3, -0.25) is 24.8 Å². The molecule has 2 amide bonds. The second-order valence-electron chi connectivity index (χ2n) is 12.5. The van der Waals surface area contributed by atoms with Crippen molar-refractivity contribution in [3.05, 3.63) is 76.5 Å².